The van der Waals surface area contributed by atoms with Crippen molar-refractivity contribution in [3.8, 4) is 0 Å². The van der Waals surface area contributed by atoms with Crippen molar-refractivity contribution in [2.75, 3.05) is 0 Å². The summed E-state index contributed by atoms with van der Waals surface area (Å²) in [5, 5.41) is 10.5. The summed E-state index contributed by atoms with van der Waals surface area (Å²) in [6.45, 7) is 5.31. The number of carbonyl (C=O) groups excluding carboxylic acids is 1. The second-order valence-corrected chi connectivity index (χ2v) is 4.75. The summed E-state index contributed by atoms with van der Waals surface area (Å²) in [6, 6.07) is 6.05. The lowest BCUT2D eigenvalue weighted by Gasteiger charge is -2.16. The first-order chi connectivity index (χ1) is 7.80. The lowest BCUT2D eigenvalue weighted by Crippen LogP contribution is -2.22. The molecule has 0 atom stereocenters. The second-order valence-electron chi connectivity index (χ2n) is 4.75. The fraction of sp³-hybridized carbons (Fsp3) is 0.417. The number of nitro groups is 1. The maximum absolute atomic E-state index is 11.5. The molecular formula is C12H15NO4. The first-order valence-electron chi connectivity index (χ1n) is 5.21. The van der Waals surface area contributed by atoms with Crippen LogP contribution in [0.1, 0.15) is 26.3 Å². The van der Waals surface area contributed by atoms with E-state index in [1.165, 1.54) is 12.1 Å². The van der Waals surface area contributed by atoms with Gasteiger partial charge in [0, 0.05) is 12.1 Å². The van der Waals surface area contributed by atoms with Gasteiger partial charge in [0.05, 0.1) is 10.3 Å². The van der Waals surface area contributed by atoms with Crippen molar-refractivity contribution in [3.05, 3.63) is 39.9 Å². The summed E-state index contributed by atoms with van der Waals surface area (Å²) in [7, 11) is 0. The Morgan fingerprint density at radius 1 is 1.41 bits per heavy atom. The summed E-state index contributed by atoms with van der Waals surface area (Å²) in [5.74, 6) is -0.330. The number of rotatable bonds is 3. The molecule has 17 heavy (non-hydrogen) atoms. The van der Waals surface area contributed by atoms with Gasteiger partial charge in [-0.15, -0.1) is 0 Å². The predicted molar refractivity (Wildman–Crippen MR) is 62.3 cm³/mol. The average molecular weight is 237 g/mol. The lowest BCUT2D eigenvalue weighted by atomic mass is 9.97. The molecule has 5 heteroatoms. The standard InChI is InChI=1S/C12H15NO4/c1-12(2,3)11(14)17-8-9-5-4-6-10(7-9)13(15)16/h4-7H,8H2,1-3H3. The molecule has 0 amide bonds. The Bertz CT molecular complexity index is 434. The van der Waals surface area contributed by atoms with Crippen molar-refractivity contribution in [2.45, 2.75) is 27.4 Å². The summed E-state index contributed by atoms with van der Waals surface area (Å²) in [6.07, 6.45) is 0. The molecule has 92 valence electrons. The molecule has 5 nitrogen and oxygen atoms in total. The maximum Gasteiger partial charge on any atom is 0.311 e. The van der Waals surface area contributed by atoms with Gasteiger partial charge in [-0.1, -0.05) is 12.1 Å². The van der Waals surface area contributed by atoms with E-state index in [1.807, 2.05) is 0 Å². The van der Waals surface area contributed by atoms with Crippen LogP contribution in [0.4, 0.5) is 5.69 Å². The van der Waals surface area contributed by atoms with Gasteiger partial charge in [0.2, 0.25) is 0 Å². The van der Waals surface area contributed by atoms with Gasteiger partial charge in [-0.2, -0.15) is 0 Å². The molecule has 0 N–H and O–H groups in total. The molecule has 0 aliphatic carbocycles. The highest BCUT2D eigenvalue weighted by Gasteiger charge is 2.23. The Hall–Kier alpha value is -1.91. The number of carbonyl (C=O) groups is 1. The SMILES string of the molecule is CC(C)(C)C(=O)OCc1cccc([N+](=O)[O-])c1. The molecule has 0 radical (unpaired) electrons. The molecular weight excluding hydrogens is 222 g/mol. The highest BCUT2D eigenvalue weighted by Crippen LogP contribution is 2.18. The van der Waals surface area contributed by atoms with Gasteiger partial charge < -0.3 is 4.74 Å². The fourth-order valence-corrected chi connectivity index (χ4v) is 1.13. The minimum Gasteiger partial charge on any atom is -0.460 e. The molecule has 0 heterocycles. The van der Waals surface area contributed by atoms with E-state index in [1.54, 1.807) is 32.9 Å². The monoisotopic (exact) mass is 237 g/mol. The molecule has 0 aromatic heterocycles. The van der Waals surface area contributed by atoms with Crippen molar-refractivity contribution >= 4 is 11.7 Å². The largest absolute Gasteiger partial charge is 0.460 e. The number of nitro benzene ring substituents is 1. The van der Waals surface area contributed by atoms with Crippen LogP contribution in [-0.2, 0) is 16.1 Å². The van der Waals surface area contributed by atoms with Crippen LogP contribution in [-0.4, -0.2) is 10.9 Å². The van der Waals surface area contributed by atoms with E-state index in [0.29, 0.717) is 5.56 Å². The van der Waals surface area contributed by atoms with Gasteiger partial charge in [-0.3, -0.25) is 14.9 Å². The van der Waals surface area contributed by atoms with Crippen LogP contribution in [0.5, 0.6) is 0 Å². The predicted octanol–water partition coefficient (Wildman–Crippen LogP) is 2.68. The number of non-ortho nitro benzene ring substituents is 1. The fourth-order valence-electron chi connectivity index (χ4n) is 1.13. The van der Waals surface area contributed by atoms with E-state index >= 15 is 0 Å². The van der Waals surface area contributed by atoms with E-state index < -0.39 is 10.3 Å². The van der Waals surface area contributed by atoms with Crippen LogP contribution < -0.4 is 0 Å². The number of hydrogen-bond acceptors (Lipinski definition) is 4. The third kappa shape index (κ3) is 3.86. The Morgan fingerprint density at radius 2 is 2.06 bits per heavy atom. The summed E-state index contributed by atoms with van der Waals surface area (Å²) >= 11 is 0. The normalized spacial score (nSPS) is 11.0. The Kier molecular flexibility index (Phi) is 3.83. The molecule has 0 saturated heterocycles. The molecule has 0 spiro atoms. The third-order valence-corrected chi connectivity index (χ3v) is 2.10. The van der Waals surface area contributed by atoms with Gasteiger partial charge in [-0.05, 0) is 26.3 Å². The van der Waals surface area contributed by atoms with E-state index in [9.17, 15) is 14.9 Å². The second kappa shape index (κ2) is 4.95. The van der Waals surface area contributed by atoms with E-state index in [2.05, 4.69) is 0 Å². The Morgan fingerprint density at radius 3 is 2.59 bits per heavy atom. The molecule has 1 aromatic rings. The van der Waals surface area contributed by atoms with Crippen LogP contribution in [0.25, 0.3) is 0 Å². The topological polar surface area (TPSA) is 69.4 Å². The van der Waals surface area contributed by atoms with Crippen LogP contribution in [0.15, 0.2) is 24.3 Å². The quantitative estimate of drug-likeness (QED) is 0.460. The maximum atomic E-state index is 11.5. The van der Waals surface area contributed by atoms with E-state index in [-0.39, 0.29) is 18.3 Å². The molecule has 0 unspecified atom stereocenters. The number of esters is 1. The van der Waals surface area contributed by atoms with E-state index in [0.717, 1.165) is 0 Å². The van der Waals surface area contributed by atoms with Crippen molar-refractivity contribution < 1.29 is 14.5 Å². The smallest absolute Gasteiger partial charge is 0.311 e. The molecule has 0 bridgehead atoms. The molecule has 0 saturated carbocycles. The highest BCUT2D eigenvalue weighted by atomic mass is 16.6. The molecule has 0 aliphatic rings. The summed E-state index contributed by atoms with van der Waals surface area (Å²) in [5.41, 5.74) is 0.0341. The number of ether oxygens (including phenoxy) is 1. The van der Waals surface area contributed by atoms with Gasteiger partial charge in [-0.25, -0.2) is 0 Å². The molecule has 0 fully saturated rings. The Balaban J connectivity index is 2.67. The zero-order valence-corrected chi connectivity index (χ0v) is 10.1. The van der Waals surface area contributed by atoms with Gasteiger partial charge in [0.15, 0.2) is 0 Å². The first kappa shape index (κ1) is 13.2. The average Bonchev–Trinajstić information content (AvgIpc) is 2.25. The first-order valence-corrected chi connectivity index (χ1v) is 5.21. The summed E-state index contributed by atoms with van der Waals surface area (Å²) in [4.78, 5) is 21.6. The molecule has 1 aromatic carbocycles. The number of nitrogens with zero attached hydrogens (tertiary/aromatic N) is 1. The van der Waals surface area contributed by atoms with Crippen LogP contribution in [0.2, 0.25) is 0 Å². The number of hydrogen-bond donors (Lipinski definition) is 0. The van der Waals surface area contributed by atoms with Crippen molar-refractivity contribution in [1.29, 1.82) is 0 Å². The zero-order valence-electron chi connectivity index (χ0n) is 10.1. The zero-order chi connectivity index (χ0) is 13.1. The third-order valence-electron chi connectivity index (χ3n) is 2.10. The molecule has 1 rings (SSSR count). The lowest BCUT2D eigenvalue weighted by molar-refractivity contribution is -0.384. The van der Waals surface area contributed by atoms with Crippen LogP contribution in [0, 0.1) is 15.5 Å². The minimum atomic E-state index is -0.569. The van der Waals surface area contributed by atoms with Gasteiger partial charge in [0.1, 0.15) is 6.61 Å². The highest BCUT2D eigenvalue weighted by molar-refractivity contribution is 5.75. The van der Waals surface area contributed by atoms with Crippen molar-refractivity contribution in [2.24, 2.45) is 5.41 Å². The van der Waals surface area contributed by atoms with E-state index in [4.69, 9.17) is 4.74 Å². The molecule has 0 aliphatic heterocycles. The van der Waals surface area contributed by atoms with Crippen molar-refractivity contribution in [3.63, 3.8) is 0 Å². The Labute approximate surface area is 99.5 Å². The van der Waals surface area contributed by atoms with Crippen LogP contribution in [0.3, 0.4) is 0 Å². The number of benzene rings is 1. The van der Waals surface area contributed by atoms with Crippen molar-refractivity contribution in [1.82, 2.24) is 0 Å². The summed E-state index contributed by atoms with van der Waals surface area (Å²) < 4.78 is 5.07. The van der Waals surface area contributed by atoms with Gasteiger partial charge >= 0.3 is 5.97 Å². The van der Waals surface area contributed by atoms with Gasteiger partial charge in [0.25, 0.3) is 5.69 Å². The minimum absolute atomic E-state index is 0.00527. The van der Waals surface area contributed by atoms with Crippen LogP contribution >= 0.6 is 0 Å².